The van der Waals surface area contributed by atoms with E-state index in [0.29, 0.717) is 27.8 Å². The van der Waals surface area contributed by atoms with Gasteiger partial charge in [-0.05, 0) is 77.7 Å². The largest absolute Gasteiger partial charge is 0.455 e. The van der Waals surface area contributed by atoms with Gasteiger partial charge in [-0.25, -0.2) is 17.2 Å². The van der Waals surface area contributed by atoms with E-state index in [1.165, 1.54) is 50.5 Å². The van der Waals surface area contributed by atoms with Gasteiger partial charge < -0.3 is 14.3 Å². The highest BCUT2D eigenvalue weighted by Gasteiger charge is 2.26. The Morgan fingerprint density at radius 2 is 1.52 bits per heavy atom. The fourth-order valence-electron chi connectivity index (χ4n) is 5.08. The van der Waals surface area contributed by atoms with Gasteiger partial charge in [0.05, 0.1) is 23.0 Å². The summed E-state index contributed by atoms with van der Waals surface area (Å²) in [4.78, 5) is 13.2. The summed E-state index contributed by atoms with van der Waals surface area (Å²) < 4.78 is 62.0. The lowest BCUT2D eigenvalue weighted by Gasteiger charge is -2.21. The van der Waals surface area contributed by atoms with Gasteiger partial charge in [-0.2, -0.15) is 0 Å². The van der Waals surface area contributed by atoms with Gasteiger partial charge in [0.2, 0.25) is 10.0 Å². The molecule has 6 aromatic rings. The Bertz CT molecular complexity index is 2100. The van der Waals surface area contributed by atoms with Crippen LogP contribution >= 0.6 is 0 Å². The van der Waals surface area contributed by atoms with E-state index in [2.05, 4.69) is 5.32 Å². The highest BCUT2D eigenvalue weighted by Crippen LogP contribution is 2.42. The molecule has 2 aromatic heterocycles. The third kappa shape index (κ3) is 4.69. The van der Waals surface area contributed by atoms with Crippen LogP contribution in [0.5, 0.6) is 0 Å². The maximum atomic E-state index is 13.7. The first-order chi connectivity index (χ1) is 20.0. The average Bonchev–Trinajstić information content (AvgIpc) is 3.57. The van der Waals surface area contributed by atoms with Crippen molar-refractivity contribution < 1.29 is 26.4 Å². The van der Waals surface area contributed by atoms with Gasteiger partial charge in [0, 0.05) is 48.6 Å². The molecule has 42 heavy (non-hydrogen) atoms. The maximum absolute atomic E-state index is 13.7. The van der Waals surface area contributed by atoms with Gasteiger partial charge >= 0.3 is 0 Å². The minimum Gasteiger partial charge on any atom is -0.455 e. The molecule has 7 nitrogen and oxygen atoms in total. The molecule has 0 fully saturated rings. The minimum absolute atomic E-state index is 0.232. The first kappa shape index (κ1) is 27.2. The lowest BCUT2D eigenvalue weighted by Crippen LogP contribution is -2.25. The molecule has 4 aromatic carbocycles. The molecular weight excluding hydrogens is 560 g/mol. The third-order valence-electron chi connectivity index (χ3n) is 7.31. The number of benzene rings is 4. The van der Waals surface area contributed by atoms with Crippen molar-refractivity contribution in [1.29, 1.82) is 0 Å². The quantitative estimate of drug-likeness (QED) is 0.235. The van der Waals surface area contributed by atoms with E-state index in [1.807, 2.05) is 35.0 Å². The van der Waals surface area contributed by atoms with E-state index in [4.69, 9.17) is 4.42 Å². The number of anilines is 1. The van der Waals surface area contributed by atoms with Crippen molar-refractivity contribution in [3.8, 4) is 28.1 Å². The molecule has 2 heterocycles. The van der Waals surface area contributed by atoms with Gasteiger partial charge in [0.1, 0.15) is 23.0 Å². The zero-order chi connectivity index (χ0) is 29.8. The Morgan fingerprint density at radius 1 is 0.881 bits per heavy atom. The Kier molecular flexibility index (Phi) is 6.58. The van der Waals surface area contributed by atoms with Crippen LogP contribution in [0.4, 0.5) is 14.5 Å². The molecule has 6 rings (SSSR count). The summed E-state index contributed by atoms with van der Waals surface area (Å²) >= 11 is 0. The highest BCUT2D eigenvalue weighted by atomic mass is 32.2. The number of furan rings is 1. The Balaban J connectivity index is 1.63. The molecule has 1 amide bonds. The smallest absolute Gasteiger partial charge is 0.255 e. The van der Waals surface area contributed by atoms with E-state index < -0.39 is 21.7 Å². The molecule has 0 aliphatic rings. The molecule has 1 N–H and O–H groups in total. The number of carbonyl (C=O) groups is 1. The third-order valence-corrected chi connectivity index (χ3v) is 8.50. The topological polar surface area (TPSA) is 84.6 Å². The van der Waals surface area contributed by atoms with Crippen LogP contribution in [0.3, 0.4) is 0 Å². The van der Waals surface area contributed by atoms with Crippen LogP contribution in [-0.4, -0.2) is 39.2 Å². The van der Waals surface area contributed by atoms with Crippen LogP contribution in [0.1, 0.15) is 10.4 Å². The number of fused-ring (bicyclic) bond motifs is 2. The number of rotatable bonds is 6. The van der Waals surface area contributed by atoms with Gasteiger partial charge in [-0.1, -0.05) is 12.1 Å². The number of nitrogens with zero attached hydrogens (tertiary/aromatic N) is 2. The number of halogens is 2. The number of hydrogen-bond donors (Lipinski definition) is 1. The Morgan fingerprint density at radius 3 is 2.17 bits per heavy atom. The molecule has 0 atom stereocenters. The molecule has 0 aliphatic heterocycles. The van der Waals surface area contributed by atoms with E-state index >= 15 is 0 Å². The summed E-state index contributed by atoms with van der Waals surface area (Å²) in [5.74, 6) is -0.958. The normalized spacial score (nSPS) is 11.7. The fraction of sp³-hybridized carbons (Fsp3) is 0.0938. The van der Waals surface area contributed by atoms with Gasteiger partial charge in [0.15, 0.2) is 0 Å². The van der Waals surface area contributed by atoms with Crippen LogP contribution in [-0.2, 0) is 10.0 Å². The summed E-state index contributed by atoms with van der Waals surface area (Å²) in [5.41, 5.74) is 4.16. The lowest BCUT2D eigenvalue weighted by molar-refractivity contribution is 0.0964. The Hall–Kier alpha value is -4.96. The minimum atomic E-state index is -3.69. The molecule has 10 heteroatoms. The molecule has 0 spiro atoms. The molecule has 0 saturated heterocycles. The second-order valence-electron chi connectivity index (χ2n) is 9.92. The summed E-state index contributed by atoms with van der Waals surface area (Å²) in [6, 6.07) is 22.7. The summed E-state index contributed by atoms with van der Waals surface area (Å²) in [6.07, 6.45) is 2.98. The van der Waals surface area contributed by atoms with E-state index in [9.17, 15) is 22.0 Å². The first-order valence-electron chi connectivity index (χ1n) is 12.9. The van der Waals surface area contributed by atoms with Crippen molar-refractivity contribution in [3.63, 3.8) is 0 Å². The maximum Gasteiger partial charge on any atom is 0.255 e. The monoisotopic (exact) mass is 585 g/mol. The zero-order valence-corrected chi connectivity index (χ0v) is 23.7. The lowest BCUT2D eigenvalue weighted by atomic mass is 9.98. The number of aromatic nitrogens is 1. The molecule has 0 aliphatic carbocycles. The molecule has 0 saturated carbocycles. The Labute approximate surface area is 240 Å². The number of carbonyl (C=O) groups excluding carboxylic acids is 1. The summed E-state index contributed by atoms with van der Waals surface area (Å²) in [7, 11) is -0.746. The number of hydrogen-bond acceptors (Lipinski definition) is 4. The zero-order valence-electron chi connectivity index (χ0n) is 22.9. The van der Waals surface area contributed by atoms with Crippen molar-refractivity contribution in [1.82, 2.24) is 9.88 Å². The van der Waals surface area contributed by atoms with E-state index in [0.717, 1.165) is 27.2 Å². The second kappa shape index (κ2) is 10.1. The molecular formula is C32H25F2N3O4S. The predicted octanol–water partition coefficient (Wildman–Crippen LogP) is 6.74. The van der Waals surface area contributed by atoms with Crippen LogP contribution in [0.25, 0.3) is 50.0 Å². The SMILES string of the molecule is CNC(=O)c1c(-c2ccc(F)cc2)oc2cc(N(C)S(C)(=O)=O)c(-c3ccc4ccn(-c5ccc(F)cc5)c4c3)cc12. The van der Waals surface area contributed by atoms with Crippen LogP contribution < -0.4 is 9.62 Å². The van der Waals surface area contributed by atoms with Gasteiger partial charge in [-0.15, -0.1) is 0 Å². The molecule has 212 valence electrons. The predicted molar refractivity (Wildman–Crippen MR) is 160 cm³/mol. The van der Waals surface area contributed by atoms with Crippen molar-refractivity contribution in [2.45, 2.75) is 0 Å². The summed E-state index contributed by atoms with van der Waals surface area (Å²) in [5, 5.41) is 4.03. The van der Waals surface area contributed by atoms with Crippen molar-refractivity contribution >= 4 is 43.5 Å². The molecule has 0 bridgehead atoms. The average molecular weight is 586 g/mol. The van der Waals surface area contributed by atoms with Crippen LogP contribution in [0, 0.1) is 11.6 Å². The van der Waals surface area contributed by atoms with Crippen LogP contribution in [0.2, 0.25) is 0 Å². The van der Waals surface area contributed by atoms with E-state index in [1.54, 1.807) is 24.3 Å². The number of nitrogens with one attached hydrogen (secondary N) is 1. The van der Waals surface area contributed by atoms with Crippen molar-refractivity contribution in [3.05, 3.63) is 108 Å². The van der Waals surface area contributed by atoms with Gasteiger partial charge in [-0.3, -0.25) is 9.10 Å². The van der Waals surface area contributed by atoms with Crippen LogP contribution in [0.15, 0.2) is 95.5 Å². The standard InChI is InChI=1S/C32H25F2N3O4S/c1-35-32(38)30-26-17-25(21-5-4-19-14-15-37(27(19)16-21)24-12-10-23(34)11-13-24)28(36(2)42(3,39)40)18-29(26)41-31(30)20-6-8-22(33)9-7-20/h4-18H,1-3H3,(H,35,38). The molecule has 0 radical (unpaired) electrons. The van der Waals surface area contributed by atoms with Crippen molar-refractivity contribution in [2.75, 3.05) is 24.7 Å². The first-order valence-corrected chi connectivity index (χ1v) is 14.8. The van der Waals surface area contributed by atoms with E-state index in [-0.39, 0.29) is 22.7 Å². The van der Waals surface area contributed by atoms with Gasteiger partial charge in [0.25, 0.3) is 5.91 Å². The molecule has 0 unspecified atom stereocenters. The number of sulfonamides is 1. The van der Waals surface area contributed by atoms with Crippen molar-refractivity contribution in [2.24, 2.45) is 0 Å². The highest BCUT2D eigenvalue weighted by molar-refractivity contribution is 7.92. The second-order valence-corrected chi connectivity index (χ2v) is 11.9. The summed E-state index contributed by atoms with van der Waals surface area (Å²) in [6.45, 7) is 0. The fourth-order valence-corrected chi connectivity index (χ4v) is 5.59. The number of amides is 1.